The quantitative estimate of drug-likeness (QED) is 0.665. The van der Waals surface area contributed by atoms with E-state index in [0.717, 1.165) is 30.5 Å². The minimum absolute atomic E-state index is 0.0973. The SMILES string of the molecule is COCCSCC(O)CC1CCCC1. The molecule has 0 aromatic rings. The van der Waals surface area contributed by atoms with E-state index in [9.17, 15) is 5.11 Å². The smallest absolute Gasteiger partial charge is 0.0633 e. The van der Waals surface area contributed by atoms with Crippen LogP contribution < -0.4 is 0 Å². The number of hydrogen-bond donors (Lipinski definition) is 1. The zero-order valence-electron chi connectivity index (χ0n) is 9.08. The van der Waals surface area contributed by atoms with Crippen LogP contribution in [0.2, 0.25) is 0 Å². The summed E-state index contributed by atoms with van der Waals surface area (Å²) in [5.41, 5.74) is 0. The van der Waals surface area contributed by atoms with Gasteiger partial charge in [-0.15, -0.1) is 0 Å². The molecule has 1 rings (SSSR count). The van der Waals surface area contributed by atoms with Crippen LogP contribution in [0.25, 0.3) is 0 Å². The lowest BCUT2D eigenvalue weighted by atomic mass is 10.0. The second-order valence-corrected chi connectivity index (χ2v) is 5.26. The third kappa shape index (κ3) is 5.23. The molecule has 0 bridgehead atoms. The molecule has 84 valence electrons. The van der Waals surface area contributed by atoms with Gasteiger partial charge in [-0.3, -0.25) is 0 Å². The number of aliphatic hydroxyl groups is 1. The third-order valence-corrected chi connectivity index (χ3v) is 3.90. The van der Waals surface area contributed by atoms with Crippen LogP contribution in [-0.2, 0) is 4.74 Å². The summed E-state index contributed by atoms with van der Waals surface area (Å²) in [6, 6.07) is 0. The van der Waals surface area contributed by atoms with Crippen LogP contribution in [-0.4, -0.2) is 36.4 Å². The van der Waals surface area contributed by atoms with Gasteiger partial charge in [0.05, 0.1) is 12.7 Å². The lowest BCUT2D eigenvalue weighted by Gasteiger charge is -2.14. The van der Waals surface area contributed by atoms with Gasteiger partial charge in [0.2, 0.25) is 0 Å². The summed E-state index contributed by atoms with van der Waals surface area (Å²) in [5, 5.41) is 9.75. The van der Waals surface area contributed by atoms with E-state index in [0.29, 0.717) is 0 Å². The fourth-order valence-electron chi connectivity index (χ4n) is 2.06. The van der Waals surface area contributed by atoms with E-state index in [2.05, 4.69) is 0 Å². The summed E-state index contributed by atoms with van der Waals surface area (Å²) < 4.78 is 4.95. The first-order chi connectivity index (χ1) is 6.83. The van der Waals surface area contributed by atoms with E-state index in [1.165, 1.54) is 25.7 Å². The van der Waals surface area contributed by atoms with Crippen molar-refractivity contribution >= 4 is 11.8 Å². The molecule has 1 aliphatic rings. The summed E-state index contributed by atoms with van der Waals surface area (Å²) in [6.07, 6.45) is 6.32. The average Bonchev–Trinajstić information content (AvgIpc) is 2.65. The molecule has 0 radical (unpaired) electrons. The summed E-state index contributed by atoms with van der Waals surface area (Å²) in [4.78, 5) is 0. The van der Waals surface area contributed by atoms with Crippen LogP contribution >= 0.6 is 11.8 Å². The van der Waals surface area contributed by atoms with Crippen molar-refractivity contribution < 1.29 is 9.84 Å². The van der Waals surface area contributed by atoms with Crippen LogP contribution in [0.3, 0.4) is 0 Å². The standard InChI is InChI=1S/C11H22O2S/c1-13-6-7-14-9-11(12)8-10-4-2-3-5-10/h10-12H,2-9H2,1H3. The Morgan fingerprint density at radius 2 is 2.14 bits per heavy atom. The van der Waals surface area contributed by atoms with Gasteiger partial charge in [0.25, 0.3) is 0 Å². The van der Waals surface area contributed by atoms with Gasteiger partial charge < -0.3 is 9.84 Å². The molecule has 1 aliphatic carbocycles. The van der Waals surface area contributed by atoms with Crippen LogP contribution in [0.4, 0.5) is 0 Å². The molecule has 14 heavy (non-hydrogen) atoms. The molecule has 1 fully saturated rings. The normalized spacial score (nSPS) is 20.1. The van der Waals surface area contributed by atoms with Crippen molar-refractivity contribution in [1.29, 1.82) is 0 Å². The van der Waals surface area contributed by atoms with Crippen molar-refractivity contribution in [3.63, 3.8) is 0 Å². The monoisotopic (exact) mass is 218 g/mol. The van der Waals surface area contributed by atoms with E-state index >= 15 is 0 Å². The first kappa shape index (κ1) is 12.3. The Labute approximate surface area is 91.4 Å². The maximum absolute atomic E-state index is 9.75. The molecule has 1 N–H and O–H groups in total. The lowest BCUT2D eigenvalue weighted by Crippen LogP contribution is -2.15. The number of hydrogen-bond acceptors (Lipinski definition) is 3. The molecule has 3 heteroatoms. The Morgan fingerprint density at radius 3 is 2.79 bits per heavy atom. The van der Waals surface area contributed by atoms with E-state index in [1.807, 2.05) is 0 Å². The number of thioether (sulfide) groups is 1. The fraction of sp³-hybridized carbons (Fsp3) is 1.00. The highest BCUT2D eigenvalue weighted by atomic mass is 32.2. The number of methoxy groups -OCH3 is 1. The Morgan fingerprint density at radius 1 is 1.43 bits per heavy atom. The van der Waals surface area contributed by atoms with Crippen molar-refractivity contribution in [2.45, 2.75) is 38.2 Å². The van der Waals surface area contributed by atoms with Crippen LogP contribution in [0.1, 0.15) is 32.1 Å². The van der Waals surface area contributed by atoms with Gasteiger partial charge in [0.15, 0.2) is 0 Å². The highest BCUT2D eigenvalue weighted by molar-refractivity contribution is 7.99. The molecular weight excluding hydrogens is 196 g/mol. The fourth-order valence-corrected chi connectivity index (χ4v) is 2.92. The topological polar surface area (TPSA) is 29.5 Å². The summed E-state index contributed by atoms with van der Waals surface area (Å²) in [6.45, 7) is 0.792. The Bertz CT molecular complexity index is 135. The van der Waals surface area contributed by atoms with Crippen molar-refractivity contribution in [2.24, 2.45) is 5.92 Å². The van der Waals surface area contributed by atoms with Crippen molar-refractivity contribution in [1.82, 2.24) is 0 Å². The minimum atomic E-state index is -0.0973. The van der Waals surface area contributed by atoms with Crippen LogP contribution in [0.5, 0.6) is 0 Å². The zero-order chi connectivity index (χ0) is 10.2. The number of ether oxygens (including phenoxy) is 1. The van der Waals surface area contributed by atoms with Gasteiger partial charge in [0, 0.05) is 18.6 Å². The van der Waals surface area contributed by atoms with Gasteiger partial charge >= 0.3 is 0 Å². The molecule has 0 aromatic heterocycles. The van der Waals surface area contributed by atoms with Crippen molar-refractivity contribution in [3.05, 3.63) is 0 Å². The maximum Gasteiger partial charge on any atom is 0.0633 e. The minimum Gasteiger partial charge on any atom is -0.392 e. The predicted octanol–water partition coefficient (Wildman–Crippen LogP) is 2.31. The molecule has 0 aliphatic heterocycles. The van der Waals surface area contributed by atoms with Gasteiger partial charge in [-0.2, -0.15) is 11.8 Å². The van der Waals surface area contributed by atoms with Gasteiger partial charge in [-0.1, -0.05) is 25.7 Å². The molecule has 0 amide bonds. The Hall–Kier alpha value is 0.270. The second kappa shape index (κ2) is 7.55. The summed E-state index contributed by atoms with van der Waals surface area (Å²) >= 11 is 1.79. The molecule has 0 spiro atoms. The molecular formula is C11H22O2S. The molecule has 1 saturated carbocycles. The van der Waals surface area contributed by atoms with Crippen molar-refractivity contribution in [2.75, 3.05) is 25.2 Å². The zero-order valence-corrected chi connectivity index (χ0v) is 9.89. The van der Waals surface area contributed by atoms with E-state index in [1.54, 1.807) is 18.9 Å². The molecule has 1 atom stereocenters. The summed E-state index contributed by atoms with van der Waals surface area (Å²) in [7, 11) is 1.72. The molecule has 0 saturated heterocycles. The molecule has 2 nitrogen and oxygen atoms in total. The average molecular weight is 218 g/mol. The second-order valence-electron chi connectivity index (χ2n) is 4.11. The van der Waals surface area contributed by atoms with Gasteiger partial charge in [-0.25, -0.2) is 0 Å². The molecule has 0 aromatic carbocycles. The highest BCUT2D eigenvalue weighted by Crippen LogP contribution is 2.29. The van der Waals surface area contributed by atoms with Gasteiger partial charge in [-0.05, 0) is 12.3 Å². The molecule has 1 unspecified atom stereocenters. The van der Waals surface area contributed by atoms with Gasteiger partial charge in [0.1, 0.15) is 0 Å². The van der Waals surface area contributed by atoms with E-state index in [-0.39, 0.29) is 6.10 Å². The lowest BCUT2D eigenvalue weighted by molar-refractivity contribution is 0.165. The molecule has 0 heterocycles. The van der Waals surface area contributed by atoms with E-state index < -0.39 is 0 Å². The Balaban J connectivity index is 1.95. The predicted molar refractivity (Wildman–Crippen MR) is 61.8 cm³/mol. The van der Waals surface area contributed by atoms with Crippen molar-refractivity contribution in [3.8, 4) is 0 Å². The highest BCUT2D eigenvalue weighted by Gasteiger charge is 2.18. The summed E-state index contributed by atoms with van der Waals surface area (Å²) in [5.74, 6) is 2.67. The van der Waals surface area contributed by atoms with Crippen LogP contribution in [0.15, 0.2) is 0 Å². The van der Waals surface area contributed by atoms with Crippen LogP contribution in [0, 0.1) is 5.92 Å². The maximum atomic E-state index is 9.75. The first-order valence-corrected chi connectivity index (χ1v) is 6.73. The number of rotatable bonds is 7. The van der Waals surface area contributed by atoms with E-state index in [4.69, 9.17) is 4.74 Å². The Kier molecular flexibility index (Phi) is 6.65. The third-order valence-electron chi connectivity index (χ3n) is 2.82. The number of aliphatic hydroxyl groups excluding tert-OH is 1. The first-order valence-electron chi connectivity index (χ1n) is 5.57. The largest absolute Gasteiger partial charge is 0.392 e.